The van der Waals surface area contributed by atoms with Crippen molar-refractivity contribution in [1.29, 1.82) is 0 Å². The van der Waals surface area contributed by atoms with Gasteiger partial charge in [0.1, 0.15) is 0 Å². The summed E-state index contributed by atoms with van der Waals surface area (Å²) < 4.78 is 0. The van der Waals surface area contributed by atoms with Crippen LogP contribution in [0.3, 0.4) is 0 Å². The number of piperidine rings is 1. The molecule has 0 atom stereocenters. The molecule has 19 heavy (non-hydrogen) atoms. The molecule has 2 fully saturated rings. The van der Waals surface area contributed by atoms with Crippen LogP contribution in [-0.4, -0.2) is 86.6 Å². The van der Waals surface area contributed by atoms with Crippen molar-refractivity contribution in [3.8, 4) is 0 Å². The summed E-state index contributed by atoms with van der Waals surface area (Å²) in [4.78, 5) is 18.9. The molecule has 2 aliphatic heterocycles. The van der Waals surface area contributed by atoms with Gasteiger partial charge in [-0.3, -0.25) is 4.79 Å². The molecule has 0 radical (unpaired) electrons. The number of likely N-dealkylation sites (tertiary alicyclic amines) is 1. The van der Waals surface area contributed by atoms with E-state index in [1.165, 1.54) is 25.9 Å². The Balaban J connectivity index is 1.67. The minimum absolute atomic E-state index is 0.321. The highest BCUT2D eigenvalue weighted by atomic mass is 16.2. The quantitative estimate of drug-likeness (QED) is 0.769. The first kappa shape index (κ1) is 14.8. The van der Waals surface area contributed by atoms with E-state index in [0.29, 0.717) is 18.4 Å². The number of hydrogen-bond donors (Lipinski definition) is 1. The molecule has 0 bridgehead atoms. The zero-order valence-electron chi connectivity index (χ0n) is 12.4. The Kier molecular flexibility index (Phi) is 5.60. The topological polar surface area (TPSA) is 38.8 Å². The highest BCUT2D eigenvalue weighted by molar-refractivity contribution is 5.76. The van der Waals surface area contributed by atoms with Gasteiger partial charge in [-0.25, -0.2) is 0 Å². The molecule has 2 heterocycles. The summed E-state index contributed by atoms with van der Waals surface area (Å²) in [6.45, 7) is 6.89. The van der Waals surface area contributed by atoms with E-state index in [0.717, 1.165) is 32.7 Å². The minimum Gasteiger partial charge on any atom is -0.340 e. The van der Waals surface area contributed by atoms with Gasteiger partial charge in [0.05, 0.1) is 0 Å². The second-order valence-corrected chi connectivity index (χ2v) is 5.90. The van der Waals surface area contributed by atoms with Crippen molar-refractivity contribution >= 4 is 5.91 Å². The van der Waals surface area contributed by atoms with E-state index in [1.807, 2.05) is 4.90 Å². The molecule has 0 spiro atoms. The third kappa shape index (κ3) is 4.44. The third-order valence-electron chi connectivity index (χ3n) is 4.46. The standard InChI is InChI=1S/C14H28N4O/c1-16-8-3-13(4-9-16)17(2)10-5-14(19)18-11-6-15-7-12-18/h13,15H,3-12H2,1-2H3. The molecular formula is C14H28N4O. The van der Waals surface area contributed by atoms with Crippen molar-refractivity contribution in [2.45, 2.75) is 25.3 Å². The van der Waals surface area contributed by atoms with Crippen molar-refractivity contribution in [1.82, 2.24) is 20.0 Å². The average Bonchev–Trinajstić information content (AvgIpc) is 2.46. The molecule has 0 unspecified atom stereocenters. The highest BCUT2D eigenvalue weighted by Crippen LogP contribution is 2.14. The fraction of sp³-hybridized carbons (Fsp3) is 0.929. The van der Waals surface area contributed by atoms with E-state index in [4.69, 9.17) is 0 Å². The van der Waals surface area contributed by atoms with Crippen LogP contribution in [0.25, 0.3) is 0 Å². The second-order valence-electron chi connectivity index (χ2n) is 5.90. The maximum absolute atomic E-state index is 12.1. The van der Waals surface area contributed by atoms with E-state index in [2.05, 4.69) is 29.2 Å². The Hall–Kier alpha value is -0.650. The van der Waals surface area contributed by atoms with Crippen LogP contribution in [0.2, 0.25) is 0 Å². The smallest absolute Gasteiger partial charge is 0.223 e. The molecule has 0 aliphatic carbocycles. The van der Waals surface area contributed by atoms with E-state index in [-0.39, 0.29) is 0 Å². The highest BCUT2D eigenvalue weighted by Gasteiger charge is 2.22. The van der Waals surface area contributed by atoms with Gasteiger partial charge in [-0.15, -0.1) is 0 Å². The summed E-state index contributed by atoms with van der Waals surface area (Å²) in [5.41, 5.74) is 0. The van der Waals surface area contributed by atoms with Gasteiger partial charge < -0.3 is 20.0 Å². The first-order valence-electron chi connectivity index (χ1n) is 7.54. The van der Waals surface area contributed by atoms with Crippen molar-refractivity contribution in [3.05, 3.63) is 0 Å². The predicted octanol–water partition coefficient (Wildman–Crippen LogP) is -0.166. The Bertz CT molecular complexity index is 283. The number of nitrogens with one attached hydrogen (secondary N) is 1. The van der Waals surface area contributed by atoms with Gasteiger partial charge in [-0.05, 0) is 40.0 Å². The fourth-order valence-corrected chi connectivity index (χ4v) is 2.96. The number of hydrogen-bond acceptors (Lipinski definition) is 4. The van der Waals surface area contributed by atoms with Gasteiger partial charge in [0.25, 0.3) is 0 Å². The number of piperazine rings is 1. The number of amides is 1. The lowest BCUT2D eigenvalue weighted by Gasteiger charge is -2.35. The van der Waals surface area contributed by atoms with Crippen LogP contribution >= 0.6 is 0 Å². The molecule has 2 aliphatic rings. The van der Waals surface area contributed by atoms with Gasteiger partial charge in [0.2, 0.25) is 5.91 Å². The maximum atomic E-state index is 12.1. The molecule has 0 aromatic carbocycles. The summed E-state index contributed by atoms with van der Waals surface area (Å²) in [6, 6.07) is 0.659. The predicted molar refractivity (Wildman–Crippen MR) is 77.2 cm³/mol. The van der Waals surface area contributed by atoms with Gasteiger partial charge in [0.15, 0.2) is 0 Å². The van der Waals surface area contributed by atoms with Crippen LogP contribution in [0.1, 0.15) is 19.3 Å². The monoisotopic (exact) mass is 268 g/mol. The molecule has 5 heteroatoms. The molecule has 5 nitrogen and oxygen atoms in total. The van der Waals surface area contributed by atoms with E-state index >= 15 is 0 Å². The third-order valence-corrected chi connectivity index (χ3v) is 4.46. The van der Waals surface area contributed by atoms with Gasteiger partial charge in [-0.2, -0.15) is 0 Å². The van der Waals surface area contributed by atoms with Crippen molar-refractivity contribution in [2.75, 3.05) is 59.9 Å². The fourth-order valence-electron chi connectivity index (χ4n) is 2.96. The summed E-state index contributed by atoms with van der Waals surface area (Å²) in [5.74, 6) is 0.321. The number of carbonyl (C=O) groups excluding carboxylic acids is 1. The molecule has 2 saturated heterocycles. The molecule has 0 aromatic rings. The van der Waals surface area contributed by atoms with Crippen LogP contribution in [-0.2, 0) is 4.79 Å². The van der Waals surface area contributed by atoms with Gasteiger partial charge >= 0.3 is 0 Å². The molecule has 2 rings (SSSR count). The normalized spacial score (nSPS) is 23.0. The van der Waals surface area contributed by atoms with Crippen LogP contribution < -0.4 is 5.32 Å². The summed E-state index contributed by atoms with van der Waals surface area (Å²) in [6.07, 6.45) is 3.13. The summed E-state index contributed by atoms with van der Waals surface area (Å²) in [7, 11) is 4.35. The van der Waals surface area contributed by atoms with E-state index in [9.17, 15) is 4.79 Å². The lowest BCUT2D eigenvalue weighted by atomic mass is 10.0. The molecule has 0 aromatic heterocycles. The van der Waals surface area contributed by atoms with Crippen molar-refractivity contribution < 1.29 is 4.79 Å². The Morgan fingerprint density at radius 2 is 1.84 bits per heavy atom. The first-order valence-corrected chi connectivity index (χ1v) is 7.54. The van der Waals surface area contributed by atoms with E-state index in [1.54, 1.807) is 0 Å². The zero-order valence-corrected chi connectivity index (χ0v) is 12.4. The molecule has 0 saturated carbocycles. The van der Waals surface area contributed by atoms with Gasteiger partial charge in [0, 0.05) is 45.2 Å². The van der Waals surface area contributed by atoms with Crippen LogP contribution in [0.4, 0.5) is 0 Å². The molecule has 1 N–H and O–H groups in total. The second kappa shape index (κ2) is 7.22. The number of rotatable bonds is 4. The van der Waals surface area contributed by atoms with Crippen LogP contribution in [0, 0.1) is 0 Å². The minimum atomic E-state index is 0.321. The Morgan fingerprint density at radius 3 is 2.47 bits per heavy atom. The molecule has 110 valence electrons. The summed E-state index contributed by atoms with van der Waals surface area (Å²) >= 11 is 0. The maximum Gasteiger partial charge on any atom is 0.223 e. The summed E-state index contributed by atoms with van der Waals surface area (Å²) in [5, 5.41) is 3.28. The van der Waals surface area contributed by atoms with Crippen LogP contribution in [0.5, 0.6) is 0 Å². The van der Waals surface area contributed by atoms with Crippen LogP contribution in [0.15, 0.2) is 0 Å². The average molecular weight is 268 g/mol. The SMILES string of the molecule is CN1CCC(N(C)CCC(=O)N2CCNCC2)CC1. The zero-order chi connectivity index (χ0) is 13.7. The lowest BCUT2D eigenvalue weighted by Crippen LogP contribution is -2.47. The van der Waals surface area contributed by atoms with E-state index < -0.39 is 0 Å². The Morgan fingerprint density at radius 1 is 1.21 bits per heavy atom. The molecular weight excluding hydrogens is 240 g/mol. The van der Waals surface area contributed by atoms with Crippen molar-refractivity contribution in [3.63, 3.8) is 0 Å². The lowest BCUT2D eigenvalue weighted by molar-refractivity contribution is -0.132. The molecule has 1 amide bonds. The van der Waals surface area contributed by atoms with Crippen molar-refractivity contribution in [2.24, 2.45) is 0 Å². The Labute approximate surface area is 116 Å². The number of carbonyl (C=O) groups is 1. The first-order chi connectivity index (χ1) is 9.16. The number of nitrogens with zero attached hydrogens (tertiary/aromatic N) is 3. The van der Waals surface area contributed by atoms with Gasteiger partial charge in [-0.1, -0.05) is 0 Å². The largest absolute Gasteiger partial charge is 0.340 e.